The van der Waals surface area contributed by atoms with Crippen LogP contribution in [0.2, 0.25) is 0 Å². The summed E-state index contributed by atoms with van der Waals surface area (Å²) in [6.45, 7) is -0.167. The van der Waals surface area contributed by atoms with Crippen LogP contribution < -0.4 is 10.5 Å². The monoisotopic (exact) mass is 293 g/mol. The summed E-state index contributed by atoms with van der Waals surface area (Å²) in [6, 6.07) is 0. The molecule has 0 radical (unpaired) electrons. The van der Waals surface area contributed by atoms with Gasteiger partial charge in [0.2, 0.25) is 0 Å². The summed E-state index contributed by atoms with van der Waals surface area (Å²) in [7, 11) is -4.22. The quantitative estimate of drug-likeness (QED) is 0.666. The molecule has 0 atom stereocenters. The molecule has 0 rings (SSSR count). The lowest BCUT2D eigenvalue weighted by Crippen LogP contribution is -2.47. The average molecular weight is 293 g/mol. The van der Waals surface area contributed by atoms with Crippen molar-refractivity contribution >= 4 is 27.4 Å². The maximum Gasteiger partial charge on any atom is 0.402 e. The molecule has 10 heteroatoms. The molecule has 0 fully saturated rings. The van der Waals surface area contributed by atoms with E-state index >= 15 is 0 Å². The van der Waals surface area contributed by atoms with E-state index in [0.29, 0.717) is 6.42 Å². The number of nitrogens with zero attached hydrogens (tertiary/aromatic N) is 1. The van der Waals surface area contributed by atoms with E-state index in [4.69, 9.17) is 5.73 Å². The topological polar surface area (TPSA) is 75.4 Å². The van der Waals surface area contributed by atoms with Crippen molar-refractivity contribution in [3.05, 3.63) is 0 Å². The maximum atomic E-state index is 11.9. The van der Waals surface area contributed by atoms with Crippen LogP contribution in [0.5, 0.6) is 0 Å². The summed E-state index contributed by atoms with van der Waals surface area (Å²) in [6.07, 6.45) is -4.16. The summed E-state index contributed by atoms with van der Waals surface area (Å²) >= 11 is 4.53. The zero-order chi connectivity index (χ0) is 13.7. The minimum Gasteiger partial charge on any atom is -0.392 e. The van der Waals surface area contributed by atoms with Crippen molar-refractivity contribution in [2.24, 2.45) is 5.73 Å². The number of alkyl halides is 3. The van der Waals surface area contributed by atoms with E-state index in [1.165, 1.54) is 4.72 Å². The van der Waals surface area contributed by atoms with Crippen LogP contribution in [0.15, 0.2) is 0 Å². The van der Waals surface area contributed by atoms with Gasteiger partial charge in [-0.15, -0.1) is 0 Å². The van der Waals surface area contributed by atoms with Gasteiger partial charge in [-0.1, -0.05) is 19.1 Å². The van der Waals surface area contributed by atoms with Gasteiger partial charge in [0.25, 0.3) is 10.2 Å². The van der Waals surface area contributed by atoms with Crippen molar-refractivity contribution in [1.29, 1.82) is 0 Å². The zero-order valence-corrected chi connectivity index (χ0v) is 10.8. The molecule has 0 spiro atoms. The molecule has 0 aromatic rings. The van der Waals surface area contributed by atoms with E-state index in [0.717, 1.165) is 4.31 Å². The predicted octanol–water partition coefficient (Wildman–Crippen LogP) is 0.381. The highest BCUT2D eigenvalue weighted by atomic mass is 32.2. The fourth-order valence-corrected chi connectivity index (χ4v) is 2.47. The summed E-state index contributed by atoms with van der Waals surface area (Å²) in [5.74, 6) is 0. The van der Waals surface area contributed by atoms with Gasteiger partial charge < -0.3 is 5.73 Å². The van der Waals surface area contributed by atoms with Gasteiger partial charge in [0.15, 0.2) is 0 Å². The Morgan fingerprint density at radius 1 is 1.47 bits per heavy atom. The number of nitrogens with two attached hydrogens (primary N) is 1. The number of thiocarbonyl (C=S) groups is 1. The van der Waals surface area contributed by atoms with Crippen LogP contribution in [-0.2, 0) is 10.2 Å². The molecular weight excluding hydrogens is 279 g/mol. The van der Waals surface area contributed by atoms with Crippen LogP contribution in [-0.4, -0.2) is 43.5 Å². The number of hydrogen-bond acceptors (Lipinski definition) is 3. The Hall–Kier alpha value is -0.450. The third-order valence-electron chi connectivity index (χ3n) is 1.60. The lowest BCUT2D eigenvalue weighted by atomic mass is 10.5. The Morgan fingerprint density at radius 2 is 2.00 bits per heavy atom. The van der Waals surface area contributed by atoms with Crippen LogP contribution in [0.3, 0.4) is 0 Å². The number of nitrogens with one attached hydrogen (secondary N) is 1. The first-order valence-electron chi connectivity index (χ1n) is 4.68. The molecule has 0 aromatic heterocycles. The fraction of sp³-hybridized carbons (Fsp3) is 0.857. The third-order valence-corrected chi connectivity index (χ3v) is 3.23. The second-order valence-electron chi connectivity index (χ2n) is 3.24. The van der Waals surface area contributed by atoms with Crippen LogP contribution in [0, 0.1) is 0 Å². The molecule has 0 aliphatic heterocycles. The van der Waals surface area contributed by atoms with Crippen molar-refractivity contribution in [2.45, 2.75) is 19.5 Å². The summed E-state index contributed by atoms with van der Waals surface area (Å²) in [5.41, 5.74) is 5.18. The zero-order valence-electron chi connectivity index (χ0n) is 9.12. The molecule has 0 saturated heterocycles. The lowest BCUT2D eigenvalue weighted by Gasteiger charge is -2.21. The molecule has 0 saturated carbocycles. The van der Waals surface area contributed by atoms with Gasteiger partial charge in [-0.2, -0.15) is 30.6 Å². The van der Waals surface area contributed by atoms with Crippen LogP contribution in [0.1, 0.15) is 13.3 Å². The number of rotatable bonds is 7. The molecule has 0 bridgehead atoms. The molecular formula is C7H14F3N3O2S2. The van der Waals surface area contributed by atoms with Crippen molar-refractivity contribution in [3.63, 3.8) is 0 Å². The van der Waals surface area contributed by atoms with E-state index in [1.807, 2.05) is 0 Å². The first-order valence-corrected chi connectivity index (χ1v) is 6.53. The Morgan fingerprint density at radius 3 is 2.35 bits per heavy atom. The molecule has 102 valence electrons. The molecule has 0 aliphatic carbocycles. The third kappa shape index (κ3) is 7.47. The van der Waals surface area contributed by atoms with Crippen molar-refractivity contribution in [3.8, 4) is 0 Å². The predicted molar refractivity (Wildman–Crippen MR) is 61.6 cm³/mol. The highest BCUT2D eigenvalue weighted by molar-refractivity contribution is 7.87. The van der Waals surface area contributed by atoms with Crippen LogP contribution in [0.25, 0.3) is 0 Å². The Bertz CT molecular complexity index is 356. The largest absolute Gasteiger partial charge is 0.402 e. The first-order chi connectivity index (χ1) is 7.58. The summed E-state index contributed by atoms with van der Waals surface area (Å²) < 4.78 is 60.9. The molecule has 0 unspecified atom stereocenters. The highest BCUT2D eigenvalue weighted by Gasteiger charge is 2.31. The molecule has 0 aliphatic rings. The average Bonchev–Trinajstić information content (AvgIpc) is 2.13. The molecule has 0 aromatic carbocycles. The number of hydrogen-bond donors (Lipinski definition) is 2. The Labute approximate surface area is 103 Å². The normalized spacial score (nSPS) is 13.0. The number of halogens is 3. The minimum absolute atomic E-state index is 0.0462. The highest BCUT2D eigenvalue weighted by Crippen LogP contribution is 2.13. The first kappa shape index (κ1) is 16.6. The van der Waals surface area contributed by atoms with Gasteiger partial charge in [-0.05, 0) is 6.42 Å². The summed E-state index contributed by atoms with van der Waals surface area (Å²) in [4.78, 5) is -0.101. The van der Waals surface area contributed by atoms with E-state index in [9.17, 15) is 21.6 Å². The second kappa shape index (κ2) is 6.47. The molecule has 0 heterocycles. The van der Waals surface area contributed by atoms with E-state index < -0.39 is 22.9 Å². The van der Waals surface area contributed by atoms with E-state index in [1.54, 1.807) is 6.92 Å². The van der Waals surface area contributed by atoms with Gasteiger partial charge in [0, 0.05) is 6.54 Å². The fourth-order valence-electron chi connectivity index (χ4n) is 0.972. The Kier molecular flexibility index (Phi) is 6.30. The van der Waals surface area contributed by atoms with Gasteiger partial charge in [-0.25, -0.2) is 0 Å². The van der Waals surface area contributed by atoms with Crippen molar-refractivity contribution in [1.82, 2.24) is 9.03 Å². The molecule has 17 heavy (non-hydrogen) atoms. The Balaban J connectivity index is 4.66. The molecule has 3 N–H and O–H groups in total. The van der Waals surface area contributed by atoms with Crippen LogP contribution >= 0.6 is 12.2 Å². The molecule has 0 amide bonds. The maximum absolute atomic E-state index is 11.9. The lowest BCUT2D eigenvalue weighted by molar-refractivity contribution is -0.121. The second-order valence-corrected chi connectivity index (χ2v) is 5.52. The minimum atomic E-state index is -4.60. The molecule has 5 nitrogen and oxygen atoms in total. The van der Waals surface area contributed by atoms with E-state index in [-0.39, 0.29) is 18.1 Å². The van der Waals surface area contributed by atoms with Crippen LogP contribution in [0.4, 0.5) is 13.2 Å². The van der Waals surface area contributed by atoms with E-state index in [2.05, 4.69) is 12.2 Å². The van der Waals surface area contributed by atoms with Gasteiger partial charge in [-0.3, -0.25) is 0 Å². The summed E-state index contributed by atoms with van der Waals surface area (Å²) in [5, 5.41) is 0. The van der Waals surface area contributed by atoms with Gasteiger partial charge >= 0.3 is 6.18 Å². The van der Waals surface area contributed by atoms with Gasteiger partial charge in [0.05, 0.1) is 11.5 Å². The smallest absolute Gasteiger partial charge is 0.392 e. The van der Waals surface area contributed by atoms with Crippen molar-refractivity contribution in [2.75, 3.05) is 19.6 Å². The van der Waals surface area contributed by atoms with Crippen molar-refractivity contribution < 1.29 is 21.6 Å². The SMILES string of the molecule is CCCN(CC(N)=S)S(=O)(=O)NCC(F)(F)F. The van der Waals surface area contributed by atoms with Gasteiger partial charge in [0.1, 0.15) is 6.54 Å². The standard InChI is InChI=1S/C7H14F3N3O2S2/c1-2-3-13(4-6(11)16)17(14,15)12-5-7(8,9)10/h12H,2-5H2,1H3,(H2,11,16).